The van der Waals surface area contributed by atoms with Crippen LogP contribution in [0.5, 0.6) is 0 Å². The molecule has 1 aromatic heterocycles. The van der Waals surface area contributed by atoms with E-state index < -0.39 is 0 Å². The van der Waals surface area contributed by atoms with Gasteiger partial charge in [-0.1, -0.05) is 6.92 Å². The molecule has 0 aliphatic heterocycles. The van der Waals surface area contributed by atoms with Crippen LogP contribution in [0.25, 0.3) is 0 Å². The van der Waals surface area contributed by atoms with Crippen molar-refractivity contribution in [1.29, 1.82) is 0 Å². The van der Waals surface area contributed by atoms with Crippen molar-refractivity contribution in [2.45, 2.75) is 46.7 Å². The fourth-order valence-electron chi connectivity index (χ4n) is 2.03. The Morgan fingerprint density at radius 1 is 1.47 bits per heavy atom. The van der Waals surface area contributed by atoms with Crippen LogP contribution in [0.3, 0.4) is 0 Å². The molecule has 1 rings (SSSR count). The van der Waals surface area contributed by atoms with Crippen molar-refractivity contribution < 1.29 is 4.79 Å². The average Bonchev–Trinajstić information content (AvgIpc) is 2.60. The molecule has 1 amide bonds. The monoisotopic (exact) mass is 237 g/mol. The first-order chi connectivity index (χ1) is 8.01. The number of nitrogen functional groups attached to an aromatic ring is 1. The van der Waals surface area contributed by atoms with Crippen molar-refractivity contribution in [2.24, 2.45) is 0 Å². The number of rotatable bonds is 5. The van der Waals surface area contributed by atoms with E-state index in [1.165, 1.54) is 0 Å². The molecular formula is C13H23N3O. The zero-order chi connectivity index (χ0) is 13.0. The molecule has 2 N–H and O–H groups in total. The van der Waals surface area contributed by atoms with Gasteiger partial charge in [-0.05, 0) is 33.3 Å². The number of hydrogen-bond donors (Lipinski definition) is 1. The maximum Gasteiger partial charge on any atom is 0.270 e. The largest absolute Gasteiger partial charge is 0.397 e. The Kier molecular flexibility index (Phi) is 4.61. The van der Waals surface area contributed by atoms with Crippen LogP contribution in [0, 0.1) is 0 Å². The van der Waals surface area contributed by atoms with Gasteiger partial charge >= 0.3 is 0 Å². The van der Waals surface area contributed by atoms with Gasteiger partial charge in [0, 0.05) is 25.3 Å². The molecule has 17 heavy (non-hydrogen) atoms. The molecule has 0 bridgehead atoms. The Labute approximate surface area is 103 Å². The van der Waals surface area contributed by atoms with E-state index in [1.807, 2.05) is 36.4 Å². The minimum Gasteiger partial charge on any atom is -0.397 e. The first kappa shape index (κ1) is 13.6. The van der Waals surface area contributed by atoms with E-state index in [1.54, 1.807) is 6.07 Å². The molecule has 1 heterocycles. The van der Waals surface area contributed by atoms with Crippen LogP contribution >= 0.6 is 0 Å². The number of carbonyl (C=O) groups is 1. The first-order valence-corrected chi connectivity index (χ1v) is 6.27. The van der Waals surface area contributed by atoms with E-state index in [0.29, 0.717) is 17.9 Å². The second-order valence-corrected chi connectivity index (χ2v) is 4.54. The SMILES string of the molecule is CCCn1cc(N)cc1C(=O)N(CC)C(C)C. The molecular weight excluding hydrogens is 214 g/mol. The molecule has 0 fully saturated rings. The highest BCUT2D eigenvalue weighted by molar-refractivity contribution is 5.94. The van der Waals surface area contributed by atoms with Crippen LogP contribution in [-0.4, -0.2) is 28.0 Å². The van der Waals surface area contributed by atoms with Gasteiger partial charge in [0.2, 0.25) is 0 Å². The third-order valence-electron chi connectivity index (χ3n) is 2.83. The van der Waals surface area contributed by atoms with Gasteiger partial charge in [-0.3, -0.25) is 4.79 Å². The van der Waals surface area contributed by atoms with Crippen LogP contribution in [0.15, 0.2) is 12.3 Å². The first-order valence-electron chi connectivity index (χ1n) is 6.27. The van der Waals surface area contributed by atoms with Crippen molar-refractivity contribution in [3.8, 4) is 0 Å². The van der Waals surface area contributed by atoms with Gasteiger partial charge in [0.25, 0.3) is 5.91 Å². The lowest BCUT2D eigenvalue weighted by Crippen LogP contribution is -2.37. The molecule has 0 unspecified atom stereocenters. The summed E-state index contributed by atoms with van der Waals surface area (Å²) in [4.78, 5) is 14.2. The third kappa shape index (κ3) is 3.02. The van der Waals surface area contributed by atoms with Gasteiger partial charge in [-0.15, -0.1) is 0 Å². The molecule has 0 atom stereocenters. The number of nitrogens with two attached hydrogens (primary N) is 1. The maximum atomic E-state index is 12.4. The predicted molar refractivity (Wildman–Crippen MR) is 71.0 cm³/mol. The second kappa shape index (κ2) is 5.75. The summed E-state index contributed by atoms with van der Waals surface area (Å²) in [6.07, 6.45) is 2.83. The summed E-state index contributed by atoms with van der Waals surface area (Å²) in [6, 6.07) is 1.97. The van der Waals surface area contributed by atoms with Crippen molar-refractivity contribution in [1.82, 2.24) is 9.47 Å². The van der Waals surface area contributed by atoms with E-state index in [2.05, 4.69) is 6.92 Å². The Morgan fingerprint density at radius 2 is 2.12 bits per heavy atom. The lowest BCUT2D eigenvalue weighted by atomic mass is 10.2. The fraction of sp³-hybridized carbons (Fsp3) is 0.615. The predicted octanol–water partition coefficient (Wildman–Crippen LogP) is 2.35. The number of anilines is 1. The van der Waals surface area contributed by atoms with E-state index in [9.17, 15) is 4.79 Å². The summed E-state index contributed by atoms with van der Waals surface area (Å²) in [6.45, 7) is 9.68. The number of carbonyl (C=O) groups excluding carboxylic acids is 1. The standard InChI is InChI=1S/C13H23N3O/c1-5-7-15-9-11(14)8-12(15)13(17)16(6-2)10(3)4/h8-10H,5-7,14H2,1-4H3. The number of aryl methyl sites for hydroxylation is 1. The summed E-state index contributed by atoms with van der Waals surface area (Å²) in [5, 5.41) is 0. The average molecular weight is 237 g/mol. The van der Waals surface area contributed by atoms with Gasteiger partial charge in [0.15, 0.2) is 0 Å². The number of aromatic nitrogens is 1. The highest BCUT2D eigenvalue weighted by atomic mass is 16.2. The summed E-state index contributed by atoms with van der Waals surface area (Å²) in [5.74, 6) is 0.0626. The molecule has 0 radical (unpaired) electrons. The van der Waals surface area contributed by atoms with Gasteiger partial charge in [0.05, 0.1) is 5.69 Å². The van der Waals surface area contributed by atoms with Crippen LogP contribution in [-0.2, 0) is 6.54 Å². The molecule has 4 nitrogen and oxygen atoms in total. The summed E-state index contributed by atoms with van der Waals surface area (Å²) >= 11 is 0. The third-order valence-corrected chi connectivity index (χ3v) is 2.83. The topological polar surface area (TPSA) is 51.3 Å². The summed E-state index contributed by atoms with van der Waals surface area (Å²) < 4.78 is 1.95. The molecule has 0 aromatic carbocycles. The van der Waals surface area contributed by atoms with Crippen LogP contribution in [0.4, 0.5) is 5.69 Å². The van der Waals surface area contributed by atoms with Crippen molar-refractivity contribution in [3.05, 3.63) is 18.0 Å². The zero-order valence-corrected chi connectivity index (χ0v) is 11.2. The number of nitrogens with zero attached hydrogens (tertiary/aromatic N) is 2. The Hall–Kier alpha value is -1.45. The minimum absolute atomic E-state index is 0.0626. The van der Waals surface area contributed by atoms with Crippen molar-refractivity contribution in [3.63, 3.8) is 0 Å². The molecule has 0 saturated carbocycles. The molecule has 0 aliphatic carbocycles. The molecule has 0 spiro atoms. The van der Waals surface area contributed by atoms with Gasteiger partial charge in [0.1, 0.15) is 5.69 Å². The van der Waals surface area contributed by atoms with Crippen LogP contribution in [0.1, 0.15) is 44.6 Å². The highest BCUT2D eigenvalue weighted by Crippen LogP contribution is 2.15. The summed E-state index contributed by atoms with van der Waals surface area (Å²) in [7, 11) is 0. The van der Waals surface area contributed by atoms with Gasteiger partial charge < -0.3 is 15.2 Å². The van der Waals surface area contributed by atoms with Crippen LogP contribution in [0.2, 0.25) is 0 Å². The summed E-state index contributed by atoms with van der Waals surface area (Å²) in [5.41, 5.74) is 7.12. The normalized spacial score (nSPS) is 10.9. The van der Waals surface area contributed by atoms with Crippen LogP contribution < -0.4 is 5.73 Å². The lowest BCUT2D eigenvalue weighted by molar-refractivity contribution is 0.0705. The Balaban J connectivity index is 3.01. The minimum atomic E-state index is 0.0626. The lowest BCUT2D eigenvalue weighted by Gasteiger charge is -2.25. The Morgan fingerprint density at radius 3 is 2.59 bits per heavy atom. The molecule has 0 aliphatic rings. The zero-order valence-electron chi connectivity index (χ0n) is 11.2. The molecule has 4 heteroatoms. The van der Waals surface area contributed by atoms with E-state index in [4.69, 9.17) is 5.73 Å². The molecule has 96 valence electrons. The molecule has 1 aromatic rings. The molecule has 0 saturated heterocycles. The fourth-order valence-corrected chi connectivity index (χ4v) is 2.03. The van der Waals surface area contributed by atoms with Gasteiger partial charge in [-0.25, -0.2) is 0 Å². The van der Waals surface area contributed by atoms with Crippen molar-refractivity contribution >= 4 is 11.6 Å². The Bertz CT molecular complexity index is 382. The van der Waals surface area contributed by atoms with Gasteiger partial charge in [-0.2, -0.15) is 0 Å². The van der Waals surface area contributed by atoms with Crippen molar-refractivity contribution in [2.75, 3.05) is 12.3 Å². The van der Waals surface area contributed by atoms with E-state index in [0.717, 1.165) is 13.0 Å². The second-order valence-electron chi connectivity index (χ2n) is 4.54. The number of amides is 1. The number of hydrogen-bond acceptors (Lipinski definition) is 2. The highest BCUT2D eigenvalue weighted by Gasteiger charge is 2.20. The van der Waals surface area contributed by atoms with E-state index in [-0.39, 0.29) is 11.9 Å². The smallest absolute Gasteiger partial charge is 0.270 e. The van der Waals surface area contributed by atoms with E-state index >= 15 is 0 Å². The maximum absolute atomic E-state index is 12.4. The quantitative estimate of drug-likeness (QED) is 0.854.